The second kappa shape index (κ2) is 10.7. The predicted octanol–water partition coefficient (Wildman–Crippen LogP) is 4.84. The van der Waals surface area contributed by atoms with E-state index in [1.165, 1.54) is 23.1 Å². The molecule has 0 aliphatic carbocycles. The zero-order valence-electron chi connectivity index (χ0n) is 17.5. The van der Waals surface area contributed by atoms with Gasteiger partial charge in [-0.25, -0.2) is 0 Å². The average molecular weight is 519 g/mol. The van der Waals surface area contributed by atoms with Crippen LogP contribution in [0.4, 0.5) is 5.13 Å². The number of carbonyl (C=O) groups excluding carboxylic acids is 3. The molecule has 33 heavy (non-hydrogen) atoms. The number of imide groups is 1. The van der Waals surface area contributed by atoms with E-state index in [9.17, 15) is 14.4 Å². The zero-order chi connectivity index (χ0) is 23.4. The van der Waals surface area contributed by atoms with Gasteiger partial charge in [-0.3, -0.25) is 24.6 Å². The lowest BCUT2D eigenvalue weighted by molar-refractivity contribution is -0.120. The van der Waals surface area contributed by atoms with E-state index in [1.807, 2.05) is 30.5 Å². The topological polar surface area (TPSA) is 92.3 Å². The first-order chi connectivity index (χ1) is 16.0. The Morgan fingerprint density at radius 1 is 1.09 bits per heavy atom. The van der Waals surface area contributed by atoms with Gasteiger partial charge in [-0.15, -0.1) is 10.2 Å². The van der Waals surface area contributed by atoms with E-state index in [4.69, 9.17) is 11.6 Å². The van der Waals surface area contributed by atoms with Crippen molar-refractivity contribution in [2.45, 2.75) is 22.6 Å². The van der Waals surface area contributed by atoms with Crippen molar-refractivity contribution in [1.82, 2.24) is 15.1 Å². The zero-order valence-corrected chi connectivity index (χ0v) is 20.7. The van der Waals surface area contributed by atoms with E-state index in [0.717, 1.165) is 10.5 Å². The monoisotopic (exact) mass is 518 g/mol. The van der Waals surface area contributed by atoms with Crippen molar-refractivity contribution in [2.75, 3.05) is 17.3 Å². The summed E-state index contributed by atoms with van der Waals surface area (Å²) in [6.45, 7) is 0. The SMILES string of the molecule is CSCC[C@@H](C(=O)Nc1nnc(SCc2ccc(Cl)cc2)s1)N1C(=O)c2ccccc2C1=O. The number of anilines is 1. The summed E-state index contributed by atoms with van der Waals surface area (Å²) < 4.78 is 0.696. The molecule has 0 fully saturated rings. The number of carbonyl (C=O) groups is 3. The molecule has 2 heterocycles. The van der Waals surface area contributed by atoms with Crippen LogP contribution < -0.4 is 5.32 Å². The van der Waals surface area contributed by atoms with Crippen LogP contribution in [0.2, 0.25) is 5.02 Å². The van der Waals surface area contributed by atoms with Gasteiger partial charge in [-0.05, 0) is 48.3 Å². The first-order valence-electron chi connectivity index (χ1n) is 9.95. The van der Waals surface area contributed by atoms with E-state index in [0.29, 0.717) is 43.5 Å². The van der Waals surface area contributed by atoms with Crippen molar-refractivity contribution in [1.29, 1.82) is 0 Å². The van der Waals surface area contributed by atoms with Gasteiger partial charge < -0.3 is 0 Å². The Labute approximate surface area is 208 Å². The Balaban J connectivity index is 1.44. The van der Waals surface area contributed by atoms with Crippen LogP contribution in [-0.4, -0.2) is 50.9 Å². The Bertz CT molecular complexity index is 1150. The summed E-state index contributed by atoms with van der Waals surface area (Å²) in [5.41, 5.74) is 1.73. The van der Waals surface area contributed by atoms with Crippen LogP contribution in [-0.2, 0) is 10.5 Å². The number of aromatic nitrogens is 2. The average Bonchev–Trinajstić information content (AvgIpc) is 3.37. The second-order valence-corrected chi connectivity index (χ2v) is 10.7. The summed E-state index contributed by atoms with van der Waals surface area (Å²) in [5, 5.41) is 11.9. The van der Waals surface area contributed by atoms with Gasteiger partial charge in [0.25, 0.3) is 11.8 Å². The molecule has 1 N–H and O–H groups in total. The molecule has 0 saturated heterocycles. The molecule has 3 aromatic rings. The van der Waals surface area contributed by atoms with Crippen molar-refractivity contribution in [3.63, 3.8) is 0 Å². The second-order valence-electron chi connectivity index (χ2n) is 7.10. The number of nitrogens with zero attached hydrogens (tertiary/aromatic N) is 3. The summed E-state index contributed by atoms with van der Waals surface area (Å²) in [6.07, 6.45) is 2.25. The molecule has 1 aromatic heterocycles. The van der Waals surface area contributed by atoms with Crippen LogP contribution in [0, 0.1) is 0 Å². The third-order valence-corrected chi connectivity index (χ3v) is 7.89. The quantitative estimate of drug-likeness (QED) is 0.246. The van der Waals surface area contributed by atoms with E-state index in [1.54, 1.807) is 36.0 Å². The predicted molar refractivity (Wildman–Crippen MR) is 133 cm³/mol. The van der Waals surface area contributed by atoms with Crippen LogP contribution in [0.3, 0.4) is 0 Å². The molecular formula is C22H19ClN4O3S3. The van der Waals surface area contributed by atoms with Gasteiger partial charge in [0.1, 0.15) is 6.04 Å². The minimum atomic E-state index is -0.932. The van der Waals surface area contributed by atoms with Gasteiger partial charge in [0, 0.05) is 10.8 Å². The Kier molecular flexibility index (Phi) is 7.69. The molecule has 7 nitrogen and oxygen atoms in total. The minimum Gasteiger partial charge on any atom is -0.299 e. The number of hydrogen-bond donors (Lipinski definition) is 1. The summed E-state index contributed by atoms with van der Waals surface area (Å²) in [4.78, 5) is 40.0. The summed E-state index contributed by atoms with van der Waals surface area (Å²) in [5.74, 6) is -0.0554. The smallest absolute Gasteiger partial charge is 0.262 e. The van der Waals surface area contributed by atoms with Crippen LogP contribution >= 0.6 is 46.5 Å². The van der Waals surface area contributed by atoms with Gasteiger partial charge >= 0.3 is 0 Å². The maximum Gasteiger partial charge on any atom is 0.262 e. The van der Waals surface area contributed by atoms with Crippen molar-refractivity contribution in [2.24, 2.45) is 0 Å². The fourth-order valence-electron chi connectivity index (χ4n) is 3.33. The minimum absolute atomic E-state index is 0.321. The molecule has 0 spiro atoms. The first kappa shape index (κ1) is 23.7. The normalized spacial score (nSPS) is 13.8. The summed E-state index contributed by atoms with van der Waals surface area (Å²) in [6, 6.07) is 13.2. The molecule has 1 atom stereocenters. The van der Waals surface area contributed by atoms with Crippen molar-refractivity contribution < 1.29 is 14.4 Å². The number of fused-ring (bicyclic) bond motifs is 1. The third kappa shape index (κ3) is 5.40. The van der Waals surface area contributed by atoms with Crippen molar-refractivity contribution in [3.05, 3.63) is 70.2 Å². The van der Waals surface area contributed by atoms with E-state index < -0.39 is 23.8 Å². The van der Waals surface area contributed by atoms with Gasteiger partial charge in [-0.1, -0.05) is 59.0 Å². The number of hydrogen-bond acceptors (Lipinski definition) is 8. The Hall–Kier alpha value is -2.40. The van der Waals surface area contributed by atoms with Gasteiger partial charge in [-0.2, -0.15) is 11.8 Å². The molecule has 0 unspecified atom stereocenters. The third-order valence-electron chi connectivity index (χ3n) is 4.95. The molecule has 0 radical (unpaired) electrons. The first-order valence-corrected chi connectivity index (χ1v) is 13.5. The maximum atomic E-state index is 13.1. The number of benzene rings is 2. The molecule has 2 aromatic carbocycles. The highest BCUT2D eigenvalue weighted by molar-refractivity contribution is 8.00. The van der Waals surface area contributed by atoms with Crippen LogP contribution in [0.25, 0.3) is 0 Å². The summed E-state index contributed by atoms with van der Waals surface area (Å²) in [7, 11) is 0. The highest BCUT2D eigenvalue weighted by atomic mass is 35.5. The fraction of sp³-hybridized carbons (Fsp3) is 0.227. The summed E-state index contributed by atoms with van der Waals surface area (Å²) >= 11 is 10.2. The maximum absolute atomic E-state index is 13.1. The standard InChI is InChI=1S/C22H19ClN4O3S3/c1-31-11-10-17(27-19(29)15-4-2-3-5-16(15)20(27)30)18(28)24-21-25-26-22(33-21)32-12-13-6-8-14(23)9-7-13/h2-9,17H,10-12H2,1H3,(H,24,25,28)/t17-/m0/s1. The lowest BCUT2D eigenvalue weighted by Crippen LogP contribution is -2.47. The van der Waals surface area contributed by atoms with E-state index >= 15 is 0 Å². The molecular weight excluding hydrogens is 500 g/mol. The molecule has 1 aliphatic heterocycles. The van der Waals surface area contributed by atoms with Crippen LogP contribution in [0.15, 0.2) is 52.9 Å². The lowest BCUT2D eigenvalue weighted by atomic mass is 10.1. The highest BCUT2D eigenvalue weighted by Crippen LogP contribution is 2.30. The molecule has 0 bridgehead atoms. The van der Waals surface area contributed by atoms with E-state index in [-0.39, 0.29) is 0 Å². The largest absolute Gasteiger partial charge is 0.299 e. The van der Waals surface area contributed by atoms with Crippen LogP contribution in [0.5, 0.6) is 0 Å². The number of nitrogens with one attached hydrogen (secondary N) is 1. The van der Waals surface area contributed by atoms with Gasteiger partial charge in [0.05, 0.1) is 11.1 Å². The van der Waals surface area contributed by atoms with Crippen molar-refractivity contribution in [3.8, 4) is 0 Å². The Morgan fingerprint density at radius 3 is 2.39 bits per heavy atom. The van der Waals surface area contributed by atoms with Crippen molar-refractivity contribution >= 4 is 69.3 Å². The van der Waals surface area contributed by atoms with Crippen LogP contribution in [0.1, 0.15) is 32.7 Å². The highest BCUT2D eigenvalue weighted by Gasteiger charge is 2.42. The lowest BCUT2D eigenvalue weighted by Gasteiger charge is -2.24. The number of halogens is 1. The van der Waals surface area contributed by atoms with Gasteiger partial charge in [0.2, 0.25) is 11.0 Å². The fourth-order valence-corrected chi connectivity index (χ4v) is 5.63. The number of rotatable bonds is 9. The Morgan fingerprint density at radius 2 is 1.76 bits per heavy atom. The number of thioether (sulfide) groups is 2. The molecule has 0 saturated carbocycles. The molecule has 11 heteroatoms. The molecule has 1 aliphatic rings. The number of amides is 3. The van der Waals surface area contributed by atoms with E-state index in [2.05, 4.69) is 15.5 Å². The van der Waals surface area contributed by atoms with Gasteiger partial charge in [0.15, 0.2) is 4.34 Å². The molecule has 3 amide bonds. The molecule has 4 rings (SSSR count). The molecule has 170 valence electrons.